The Morgan fingerprint density at radius 2 is 2.37 bits per heavy atom. The molecular weight excluding hydrogens is 274 g/mol. The Bertz CT molecular complexity index is 529. The minimum atomic E-state index is -3.84. The summed E-state index contributed by atoms with van der Waals surface area (Å²) in [6.45, 7) is 0.161. The second-order valence-electron chi connectivity index (χ2n) is 4.22. The molecule has 1 atom stereocenters. The number of aliphatic carboxylic acids is 1. The number of hydrogen-bond acceptors (Lipinski definition) is 5. The molecule has 1 aliphatic heterocycles. The van der Waals surface area contributed by atoms with Crippen molar-refractivity contribution in [2.45, 2.75) is 31.8 Å². The van der Waals surface area contributed by atoms with E-state index < -0.39 is 22.2 Å². The van der Waals surface area contributed by atoms with Crippen LogP contribution in [-0.4, -0.2) is 51.6 Å². The van der Waals surface area contributed by atoms with Gasteiger partial charge in [0.05, 0.1) is 6.54 Å². The van der Waals surface area contributed by atoms with E-state index in [1.54, 1.807) is 0 Å². The summed E-state index contributed by atoms with van der Waals surface area (Å²) in [5.74, 6) is -0.753. The van der Waals surface area contributed by atoms with Crippen LogP contribution in [0.1, 0.15) is 25.1 Å². The van der Waals surface area contributed by atoms with E-state index in [1.165, 1.54) is 6.33 Å². The Morgan fingerprint density at radius 1 is 1.58 bits per heavy atom. The molecule has 2 heterocycles. The number of carbonyl (C=O) groups is 1. The third-order valence-electron chi connectivity index (χ3n) is 2.93. The Balaban J connectivity index is 2.06. The SMILES string of the molecule is O=C(O)C1CCCCN1S(=O)(=O)NCc1ncn[nH]1. The third kappa shape index (κ3) is 3.28. The molecule has 1 unspecified atom stereocenters. The van der Waals surface area contributed by atoms with E-state index in [4.69, 9.17) is 5.11 Å². The van der Waals surface area contributed by atoms with Gasteiger partial charge in [-0.2, -0.15) is 22.5 Å². The molecule has 3 N–H and O–H groups in total. The molecule has 9 nitrogen and oxygen atoms in total. The first kappa shape index (κ1) is 13.9. The van der Waals surface area contributed by atoms with Crippen LogP contribution in [0.3, 0.4) is 0 Å². The molecule has 0 aliphatic carbocycles. The maximum Gasteiger partial charge on any atom is 0.322 e. The van der Waals surface area contributed by atoms with Gasteiger partial charge in [0.15, 0.2) is 0 Å². The van der Waals surface area contributed by atoms with Crippen molar-refractivity contribution in [1.29, 1.82) is 0 Å². The highest BCUT2D eigenvalue weighted by Gasteiger charge is 2.36. The number of aromatic amines is 1. The lowest BCUT2D eigenvalue weighted by Gasteiger charge is -2.31. The van der Waals surface area contributed by atoms with Crippen molar-refractivity contribution in [3.8, 4) is 0 Å². The van der Waals surface area contributed by atoms with E-state index in [0.717, 1.165) is 4.31 Å². The fraction of sp³-hybridized carbons (Fsp3) is 0.667. The maximum atomic E-state index is 12.1. The fourth-order valence-electron chi connectivity index (χ4n) is 2.00. The van der Waals surface area contributed by atoms with E-state index >= 15 is 0 Å². The lowest BCUT2D eigenvalue weighted by molar-refractivity contribution is -0.142. The number of carboxylic acid groups (broad SMARTS) is 1. The highest BCUT2D eigenvalue weighted by molar-refractivity contribution is 7.87. The van der Waals surface area contributed by atoms with Crippen molar-refractivity contribution < 1.29 is 18.3 Å². The number of carboxylic acids is 1. The van der Waals surface area contributed by atoms with Gasteiger partial charge in [-0.1, -0.05) is 0 Å². The van der Waals surface area contributed by atoms with Crippen LogP contribution in [-0.2, 0) is 21.5 Å². The van der Waals surface area contributed by atoms with Crippen molar-refractivity contribution in [3.63, 3.8) is 0 Å². The molecular formula is C9H15N5O4S. The molecule has 19 heavy (non-hydrogen) atoms. The molecule has 0 radical (unpaired) electrons. The molecule has 1 saturated heterocycles. The van der Waals surface area contributed by atoms with Crippen LogP contribution in [0.4, 0.5) is 0 Å². The highest BCUT2D eigenvalue weighted by Crippen LogP contribution is 2.19. The number of aromatic nitrogens is 3. The predicted octanol–water partition coefficient (Wildman–Crippen LogP) is -0.922. The van der Waals surface area contributed by atoms with Crippen LogP contribution in [0.25, 0.3) is 0 Å². The number of H-pyrrole nitrogens is 1. The minimum Gasteiger partial charge on any atom is -0.480 e. The number of piperidine rings is 1. The van der Waals surface area contributed by atoms with Gasteiger partial charge in [-0.25, -0.2) is 4.98 Å². The van der Waals surface area contributed by atoms with Gasteiger partial charge in [0.25, 0.3) is 10.2 Å². The standard InChI is InChI=1S/C9H15N5O4S/c15-9(16)7-3-1-2-4-14(7)19(17,18)12-5-8-10-6-11-13-8/h6-7,12H,1-5H2,(H,15,16)(H,10,11,13). The summed E-state index contributed by atoms with van der Waals surface area (Å²) >= 11 is 0. The smallest absolute Gasteiger partial charge is 0.322 e. The largest absolute Gasteiger partial charge is 0.480 e. The molecule has 10 heteroatoms. The van der Waals surface area contributed by atoms with Crippen molar-refractivity contribution in [1.82, 2.24) is 24.2 Å². The lowest BCUT2D eigenvalue weighted by Crippen LogP contribution is -2.52. The zero-order valence-electron chi connectivity index (χ0n) is 10.1. The van der Waals surface area contributed by atoms with Crippen LogP contribution in [0.5, 0.6) is 0 Å². The number of nitrogens with one attached hydrogen (secondary N) is 2. The summed E-state index contributed by atoms with van der Waals surface area (Å²) in [5.41, 5.74) is 0. The maximum absolute atomic E-state index is 12.1. The van der Waals surface area contributed by atoms with Crippen molar-refractivity contribution >= 4 is 16.2 Å². The van der Waals surface area contributed by atoms with E-state index in [9.17, 15) is 13.2 Å². The molecule has 1 aliphatic rings. The second-order valence-corrected chi connectivity index (χ2v) is 5.93. The Morgan fingerprint density at radius 3 is 3.00 bits per heavy atom. The van der Waals surface area contributed by atoms with Gasteiger partial charge in [-0.15, -0.1) is 0 Å². The first-order valence-electron chi connectivity index (χ1n) is 5.84. The summed E-state index contributed by atoms with van der Waals surface area (Å²) in [7, 11) is -3.84. The zero-order valence-corrected chi connectivity index (χ0v) is 10.9. The van der Waals surface area contributed by atoms with Gasteiger partial charge >= 0.3 is 5.97 Å². The quantitative estimate of drug-likeness (QED) is 0.643. The van der Waals surface area contributed by atoms with E-state index in [-0.39, 0.29) is 13.1 Å². The van der Waals surface area contributed by atoms with E-state index in [1.807, 2.05) is 0 Å². The van der Waals surface area contributed by atoms with E-state index in [0.29, 0.717) is 25.1 Å². The molecule has 0 bridgehead atoms. The van der Waals surface area contributed by atoms with Crippen molar-refractivity contribution in [2.24, 2.45) is 0 Å². The van der Waals surface area contributed by atoms with Gasteiger partial charge in [-0.05, 0) is 19.3 Å². The van der Waals surface area contributed by atoms with Gasteiger partial charge in [0, 0.05) is 6.54 Å². The summed E-state index contributed by atoms with van der Waals surface area (Å²) in [6.07, 6.45) is 2.97. The Kier molecular flexibility index (Phi) is 4.12. The van der Waals surface area contributed by atoms with Gasteiger partial charge in [0.1, 0.15) is 18.2 Å². The van der Waals surface area contributed by atoms with Crippen molar-refractivity contribution in [3.05, 3.63) is 12.2 Å². The molecule has 0 amide bonds. The average molecular weight is 289 g/mol. The van der Waals surface area contributed by atoms with Crippen LogP contribution in [0.2, 0.25) is 0 Å². The topological polar surface area (TPSA) is 128 Å². The van der Waals surface area contributed by atoms with Gasteiger partial charge in [0.2, 0.25) is 0 Å². The van der Waals surface area contributed by atoms with Crippen LogP contribution >= 0.6 is 0 Å². The minimum absolute atomic E-state index is 0.0504. The van der Waals surface area contributed by atoms with Crippen LogP contribution in [0.15, 0.2) is 6.33 Å². The van der Waals surface area contributed by atoms with Crippen molar-refractivity contribution in [2.75, 3.05) is 6.54 Å². The Hall–Kier alpha value is -1.52. The number of hydrogen-bond donors (Lipinski definition) is 3. The van der Waals surface area contributed by atoms with Gasteiger partial charge < -0.3 is 5.11 Å². The predicted molar refractivity (Wildman–Crippen MR) is 64.1 cm³/mol. The molecule has 1 aromatic heterocycles. The molecule has 1 aromatic rings. The molecule has 1 fully saturated rings. The Labute approximate surface area is 110 Å². The number of rotatable bonds is 5. The van der Waals surface area contributed by atoms with Crippen LogP contribution < -0.4 is 4.72 Å². The van der Waals surface area contributed by atoms with E-state index in [2.05, 4.69) is 19.9 Å². The fourth-order valence-corrected chi connectivity index (χ4v) is 3.38. The molecule has 0 spiro atoms. The first-order valence-corrected chi connectivity index (χ1v) is 7.28. The highest BCUT2D eigenvalue weighted by atomic mass is 32.2. The monoisotopic (exact) mass is 289 g/mol. The average Bonchev–Trinajstić information content (AvgIpc) is 2.89. The summed E-state index contributed by atoms with van der Waals surface area (Å²) < 4.78 is 27.5. The lowest BCUT2D eigenvalue weighted by atomic mass is 10.1. The van der Waals surface area contributed by atoms with Crippen LogP contribution in [0, 0.1) is 0 Å². The second kappa shape index (κ2) is 5.63. The third-order valence-corrected chi connectivity index (χ3v) is 4.50. The first-order chi connectivity index (χ1) is 9.00. The summed E-state index contributed by atoms with van der Waals surface area (Å²) in [5, 5.41) is 15.2. The summed E-state index contributed by atoms with van der Waals surface area (Å²) in [4.78, 5) is 14.9. The molecule has 0 aromatic carbocycles. The zero-order chi connectivity index (χ0) is 13.9. The number of nitrogens with zero attached hydrogens (tertiary/aromatic N) is 3. The molecule has 2 rings (SSSR count). The van der Waals surface area contributed by atoms with Gasteiger partial charge in [-0.3, -0.25) is 9.89 Å². The normalized spacial score (nSPS) is 21.4. The molecule has 0 saturated carbocycles. The molecule has 106 valence electrons. The summed E-state index contributed by atoms with van der Waals surface area (Å²) in [6, 6.07) is -0.999.